The van der Waals surface area contributed by atoms with Crippen molar-refractivity contribution in [2.24, 2.45) is 0 Å². The van der Waals surface area contributed by atoms with Crippen LogP contribution in [0.15, 0.2) is 49.1 Å². The Morgan fingerprint density at radius 2 is 2.04 bits per heavy atom. The van der Waals surface area contributed by atoms with Gasteiger partial charge in [0.15, 0.2) is 5.65 Å². The van der Waals surface area contributed by atoms with Gasteiger partial charge in [0.05, 0.1) is 30.0 Å². The molecule has 0 spiro atoms. The summed E-state index contributed by atoms with van der Waals surface area (Å²) in [5.41, 5.74) is 9.09. The lowest BCUT2D eigenvalue weighted by Gasteiger charge is -2.07. The Bertz CT molecular complexity index is 1130. The Hall–Kier alpha value is -3.95. The summed E-state index contributed by atoms with van der Waals surface area (Å²) in [7, 11) is 1.58. The number of nitrogen functional groups attached to an aromatic ring is 1. The maximum atomic E-state index is 11.4. The second kappa shape index (κ2) is 7.35. The Morgan fingerprint density at radius 3 is 2.86 bits per heavy atom. The molecule has 4 aromatic rings. The van der Waals surface area contributed by atoms with Gasteiger partial charge in [-0.1, -0.05) is 18.2 Å². The maximum Gasteiger partial charge on any atom is 0.241 e. The van der Waals surface area contributed by atoms with E-state index in [0.717, 1.165) is 10.9 Å². The third kappa shape index (κ3) is 3.61. The van der Waals surface area contributed by atoms with Crippen molar-refractivity contribution in [2.45, 2.75) is 13.1 Å². The summed E-state index contributed by atoms with van der Waals surface area (Å²) in [4.78, 5) is 20.3. The summed E-state index contributed by atoms with van der Waals surface area (Å²) in [6, 6.07) is 7.66. The van der Waals surface area contributed by atoms with E-state index in [0.29, 0.717) is 29.5 Å². The molecule has 3 aromatic heterocycles. The molecular formula is C18H19N9O. The molecule has 0 saturated heterocycles. The van der Waals surface area contributed by atoms with Gasteiger partial charge in [-0.3, -0.25) is 9.48 Å². The number of benzene rings is 1. The number of carbonyl (C=O) groups is 1. The summed E-state index contributed by atoms with van der Waals surface area (Å²) in [5, 5.41) is 15.0. The van der Waals surface area contributed by atoms with Crippen LogP contribution in [0, 0.1) is 0 Å². The molecule has 10 nitrogen and oxygen atoms in total. The van der Waals surface area contributed by atoms with Crippen LogP contribution in [0.3, 0.4) is 0 Å². The van der Waals surface area contributed by atoms with Gasteiger partial charge < -0.3 is 16.4 Å². The number of nitrogens with one attached hydrogen (secondary N) is 2. The van der Waals surface area contributed by atoms with E-state index < -0.39 is 0 Å². The lowest BCUT2D eigenvalue weighted by Crippen LogP contribution is -2.23. The van der Waals surface area contributed by atoms with Crippen LogP contribution in [-0.2, 0) is 17.9 Å². The number of carbonyl (C=O) groups excluding carboxylic acids is 1. The van der Waals surface area contributed by atoms with Crippen molar-refractivity contribution in [3.8, 4) is 0 Å². The molecule has 0 radical (unpaired) electrons. The van der Waals surface area contributed by atoms with Crippen molar-refractivity contribution in [3.63, 3.8) is 0 Å². The van der Waals surface area contributed by atoms with Gasteiger partial charge in [0.2, 0.25) is 11.9 Å². The fourth-order valence-corrected chi connectivity index (χ4v) is 2.75. The first-order valence-corrected chi connectivity index (χ1v) is 8.64. The number of para-hydroxylation sites is 1. The molecule has 0 atom stereocenters. The molecular weight excluding hydrogens is 358 g/mol. The molecule has 0 bridgehead atoms. The SMILES string of the molecule is CNC(=O)Cn1cc(Nc2ncc3cnn(Cc4ccccc4N)c3n2)cn1. The Kier molecular flexibility index (Phi) is 4.58. The average molecular weight is 377 g/mol. The van der Waals surface area contributed by atoms with Crippen LogP contribution in [0.25, 0.3) is 11.0 Å². The fraction of sp³-hybridized carbons (Fsp3) is 0.167. The van der Waals surface area contributed by atoms with Crippen LogP contribution < -0.4 is 16.4 Å². The number of hydrogen-bond donors (Lipinski definition) is 3. The molecule has 28 heavy (non-hydrogen) atoms. The Labute approximate surface area is 160 Å². The topological polar surface area (TPSA) is 129 Å². The highest BCUT2D eigenvalue weighted by Gasteiger charge is 2.10. The molecule has 0 saturated carbocycles. The van der Waals surface area contributed by atoms with Crippen LogP contribution in [0.4, 0.5) is 17.3 Å². The third-order valence-electron chi connectivity index (χ3n) is 4.23. The molecule has 10 heteroatoms. The van der Waals surface area contributed by atoms with E-state index in [1.165, 1.54) is 4.68 Å². The van der Waals surface area contributed by atoms with Gasteiger partial charge in [-0.25, -0.2) is 9.67 Å². The van der Waals surface area contributed by atoms with Gasteiger partial charge >= 0.3 is 0 Å². The molecule has 0 unspecified atom stereocenters. The standard InChI is InChI=1S/C18H19N9O/c1-20-16(28)11-26-10-14(8-22-26)24-18-21-6-13-7-23-27(17(13)25-18)9-12-4-2-3-5-15(12)19/h2-8,10H,9,11,19H2,1H3,(H,20,28)(H,21,24,25). The van der Waals surface area contributed by atoms with Gasteiger partial charge in [-0.15, -0.1) is 0 Å². The zero-order chi connectivity index (χ0) is 19.5. The van der Waals surface area contributed by atoms with Gasteiger partial charge in [0.25, 0.3) is 0 Å². The predicted octanol–water partition coefficient (Wildman–Crippen LogP) is 1.14. The van der Waals surface area contributed by atoms with Crippen molar-refractivity contribution in [1.82, 2.24) is 34.8 Å². The summed E-state index contributed by atoms with van der Waals surface area (Å²) in [6.07, 6.45) is 6.75. The molecule has 1 aromatic carbocycles. The summed E-state index contributed by atoms with van der Waals surface area (Å²) >= 11 is 0. The minimum absolute atomic E-state index is 0.128. The number of amides is 1. The van der Waals surface area contributed by atoms with E-state index in [1.54, 1.807) is 36.5 Å². The molecule has 0 aliphatic rings. The van der Waals surface area contributed by atoms with Crippen LogP contribution in [-0.4, -0.2) is 42.5 Å². The lowest BCUT2D eigenvalue weighted by atomic mass is 10.2. The van der Waals surface area contributed by atoms with E-state index in [2.05, 4.69) is 30.8 Å². The van der Waals surface area contributed by atoms with Crippen LogP contribution in [0.5, 0.6) is 0 Å². The summed E-state index contributed by atoms with van der Waals surface area (Å²) in [5.74, 6) is 0.284. The molecule has 0 aliphatic carbocycles. The van der Waals surface area contributed by atoms with Crippen LogP contribution in [0.1, 0.15) is 5.56 Å². The number of nitrogens with zero attached hydrogens (tertiary/aromatic N) is 6. The third-order valence-corrected chi connectivity index (χ3v) is 4.23. The van der Waals surface area contributed by atoms with Crippen LogP contribution >= 0.6 is 0 Å². The minimum Gasteiger partial charge on any atom is -0.398 e. The summed E-state index contributed by atoms with van der Waals surface area (Å²) in [6.45, 7) is 0.653. The number of anilines is 3. The first kappa shape index (κ1) is 17.5. The number of fused-ring (bicyclic) bond motifs is 1. The van der Waals surface area contributed by atoms with Crippen molar-refractivity contribution in [2.75, 3.05) is 18.1 Å². The van der Waals surface area contributed by atoms with E-state index >= 15 is 0 Å². The largest absolute Gasteiger partial charge is 0.398 e. The van der Waals surface area contributed by atoms with E-state index in [1.807, 2.05) is 24.3 Å². The molecule has 4 rings (SSSR count). The van der Waals surface area contributed by atoms with Crippen molar-refractivity contribution < 1.29 is 4.79 Å². The molecule has 0 aliphatic heterocycles. The Morgan fingerprint density at radius 1 is 1.18 bits per heavy atom. The highest BCUT2D eigenvalue weighted by molar-refractivity contribution is 5.76. The van der Waals surface area contributed by atoms with Crippen molar-refractivity contribution in [1.29, 1.82) is 0 Å². The number of rotatable bonds is 6. The second-order valence-electron chi connectivity index (χ2n) is 6.20. The number of likely N-dealkylation sites (N-methyl/N-ethyl adjacent to an activating group) is 1. The maximum absolute atomic E-state index is 11.4. The fourth-order valence-electron chi connectivity index (χ4n) is 2.75. The smallest absolute Gasteiger partial charge is 0.241 e. The molecule has 142 valence electrons. The molecule has 3 heterocycles. The summed E-state index contributed by atoms with van der Waals surface area (Å²) < 4.78 is 3.31. The highest BCUT2D eigenvalue weighted by Crippen LogP contribution is 2.18. The first-order chi connectivity index (χ1) is 13.6. The van der Waals surface area contributed by atoms with E-state index in [4.69, 9.17) is 5.73 Å². The van der Waals surface area contributed by atoms with Gasteiger partial charge in [0, 0.05) is 25.1 Å². The molecule has 4 N–H and O–H groups in total. The molecule has 1 amide bonds. The monoisotopic (exact) mass is 377 g/mol. The van der Waals surface area contributed by atoms with Crippen LogP contribution in [0.2, 0.25) is 0 Å². The molecule has 0 fully saturated rings. The number of nitrogens with two attached hydrogens (primary N) is 1. The zero-order valence-electron chi connectivity index (χ0n) is 15.2. The van der Waals surface area contributed by atoms with E-state index in [-0.39, 0.29) is 12.5 Å². The van der Waals surface area contributed by atoms with Gasteiger partial charge in [0.1, 0.15) is 6.54 Å². The van der Waals surface area contributed by atoms with Crippen molar-refractivity contribution >= 4 is 34.3 Å². The van der Waals surface area contributed by atoms with E-state index in [9.17, 15) is 4.79 Å². The number of aromatic nitrogens is 6. The zero-order valence-corrected chi connectivity index (χ0v) is 15.2. The number of hydrogen-bond acceptors (Lipinski definition) is 7. The predicted molar refractivity (Wildman–Crippen MR) is 105 cm³/mol. The average Bonchev–Trinajstić information content (AvgIpc) is 3.30. The second-order valence-corrected chi connectivity index (χ2v) is 6.20. The van der Waals surface area contributed by atoms with Gasteiger partial charge in [-0.05, 0) is 11.6 Å². The van der Waals surface area contributed by atoms with Crippen molar-refractivity contribution in [3.05, 3.63) is 54.6 Å². The first-order valence-electron chi connectivity index (χ1n) is 8.64. The normalized spacial score (nSPS) is 10.9. The minimum atomic E-state index is -0.128. The van der Waals surface area contributed by atoms with Gasteiger partial charge in [-0.2, -0.15) is 15.2 Å². The Balaban J connectivity index is 1.56. The quantitative estimate of drug-likeness (QED) is 0.430. The highest BCUT2D eigenvalue weighted by atomic mass is 16.1. The lowest BCUT2D eigenvalue weighted by molar-refractivity contribution is -0.121.